The van der Waals surface area contributed by atoms with Crippen molar-refractivity contribution in [2.45, 2.75) is 43.8 Å². The van der Waals surface area contributed by atoms with Gasteiger partial charge in [-0.3, -0.25) is 4.90 Å². The average Bonchev–Trinajstić information content (AvgIpc) is 2.54. The molecule has 1 unspecified atom stereocenters. The van der Waals surface area contributed by atoms with Gasteiger partial charge in [-0.1, -0.05) is 0 Å². The standard InChI is InChI=1S/C12H23N3/c1-14-10-2-3-11(14)9-12(8-10)15-6-4-13-5-7-15/h10-13H,2-9H2,1H3/t10-,11+,12?. The van der Waals surface area contributed by atoms with Crippen LogP contribution in [0.3, 0.4) is 0 Å². The highest BCUT2D eigenvalue weighted by Gasteiger charge is 2.40. The molecule has 3 heteroatoms. The predicted molar refractivity (Wildman–Crippen MR) is 62.0 cm³/mol. The molecule has 0 saturated carbocycles. The zero-order chi connectivity index (χ0) is 10.3. The third-order valence-corrected chi connectivity index (χ3v) is 4.74. The van der Waals surface area contributed by atoms with Gasteiger partial charge in [-0.15, -0.1) is 0 Å². The van der Waals surface area contributed by atoms with Gasteiger partial charge in [0.15, 0.2) is 0 Å². The molecule has 3 atom stereocenters. The molecular formula is C12H23N3. The summed E-state index contributed by atoms with van der Waals surface area (Å²) in [7, 11) is 2.33. The Morgan fingerprint density at radius 1 is 0.933 bits per heavy atom. The molecule has 86 valence electrons. The zero-order valence-corrected chi connectivity index (χ0v) is 9.78. The number of piperidine rings is 1. The second-order valence-corrected chi connectivity index (χ2v) is 5.46. The van der Waals surface area contributed by atoms with Crippen LogP contribution in [0.25, 0.3) is 0 Å². The summed E-state index contributed by atoms with van der Waals surface area (Å²) >= 11 is 0. The third kappa shape index (κ3) is 1.81. The van der Waals surface area contributed by atoms with Crippen LogP contribution in [-0.2, 0) is 0 Å². The minimum absolute atomic E-state index is 0.890. The number of hydrogen-bond acceptors (Lipinski definition) is 3. The van der Waals surface area contributed by atoms with Crippen molar-refractivity contribution in [3.8, 4) is 0 Å². The maximum Gasteiger partial charge on any atom is 0.0126 e. The molecule has 3 heterocycles. The number of rotatable bonds is 1. The van der Waals surface area contributed by atoms with E-state index in [1.54, 1.807) is 0 Å². The number of hydrogen-bond donors (Lipinski definition) is 1. The Balaban J connectivity index is 1.64. The van der Waals surface area contributed by atoms with E-state index in [2.05, 4.69) is 22.2 Å². The average molecular weight is 209 g/mol. The molecule has 0 aliphatic carbocycles. The van der Waals surface area contributed by atoms with Crippen LogP contribution in [0.5, 0.6) is 0 Å². The van der Waals surface area contributed by atoms with Gasteiger partial charge in [0.05, 0.1) is 0 Å². The fourth-order valence-corrected chi connectivity index (χ4v) is 3.73. The minimum Gasteiger partial charge on any atom is -0.314 e. The third-order valence-electron chi connectivity index (χ3n) is 4.74. The van der Waals surface area contributed by atoms with Gasteiger partial charge in [-0.2, -0.15) is 0 Å². The fraction of sp³-hybridized carbons (Fsp3) is 1.00. The first kappa shape index (κ1) is 10.1. The van der Waals surface area contributed by atoms with Crippen LogP contribution >= 0.6 is 0 Å². The molecule has 0 spiro atoms. The van der Waals surface area contributed by atoms with Gasteiger partial charge in [-0.05, 0) is 32.7 Å². The maximum absolute atomic E-state index is 3.45. The molecular weight excluding hydrogens is 186 g/mol. The van der Waals surface area contributed by atoms with Gasteiger partial charge in [0.2, 0.25) is 0 Å². The quantitative estimate of drug-likeness (QED) is 0.679. The summed E-state index contributed by atoms with van der Waals surface area (Å²) in [6.45, 7) is 4.94. The van der Waals surface area contributed by atoms with Crippen LogP contribution < -0.4 is 5.32 Å². The van der Waals surface area contributed by atoms with Gasteiger partial charge in [0.1, 0.15) is 0 Å². The van der Waals surface area contributed by atoms with Crippen LogP contribution in [0.2, 0.25) is 0 Å². The van der Waals surface area contributed by atoms with Crippen LogP contribution in [0, 0.1) is 0 Å². The molecule has 15 heavy (non-hydrogen) atoms. The van der Waals surface area contributed by atoms with Crippen molar-refractivity contribution < 1.29 is 0 Å². The van der Waals surface area contributed by atoms with E-state index < -0.39 is 0 Å². The molecule has 3 saturated heterocycles. The van der Waals surface area contributed by atoms with E-state index in [0.29, 0.717) is 0 Å². The van der Waals surface area contributed by atoms with Crippen molar-refractivity contribution in [2.24, 2.45) is 0 Å². The Morgan fingerprint density at radius 2 is 1.53 bits per heavy atom. The van der Waals surface area contributed by atoms with Gasteiger partial charge in [-0.25, -0.2) is 0 Å². The molecule has 3 aliphatic heterocycles. The summed E-state index contributed by atoms with van der Waals surface area (Å²) in [4.78, 5) is 5.37. The van der Waals surface area contributed by atoms with Crippen molar-refractivity contribution in [1.29, 1.82) is 0 Å². The first-order valence-electron chi connectivity index (χ1n) is 6.51. The summed E-state index contributed by atoms with van der Waals surface area (Å²) in [6, 6.07) is 2.67. The van der Waals surface area contributed by atoms with Gasteiger partial charge < -0.3 is 10.2 Å². The van der Waals surface area contributed by atoms with Crippen LogP contribution in [0.1, 0.15) is 25.7 Å². The van der Waals surface area contributed by atoms with E-state index in [9.17, 15) is 0 Å². The summed E-state index contributed by atoms with van der Waals surface area (Å²) in [5, 5.41) is 3.45. The highest BCUT2D eigenvalue weighted by atomic mass is 15.3. The van der Waals surface area contributed by atoms with E-state index >= 15 is 0 Å². The molecule has 0 amide bonds. The molecule has 3 rings (SSSR count). The van der Waals surface area contributed by atoms with Crippen LogP contribution in [0.15, 0.2) is 0 Å². The predicted octanol–water partition coefficient (Wildman–Crippen LogP) is 0.517. The second kappa shape index (κ2) is 4.04. The first-order valence-corrected chi connectivity index (χ1v) is 6.51. The van der Waals surface area contributed by atoms with Gasteiger partial charge >= 0.3 is 0 Å². The second-order valence-electron chi connectivity index (χ2n) is 5.46. The van der Waals surface area contributed by atoms with Crippen molar-refractivity contribution >= 4 is 0 Å². The Kier molecular flexibility index (Phi) is 2.71. The smallest absolute Gasteiger partial charge is 0.0126 e. The van der Waals surface area contributed by atoms with E-state index in [4.69, 9.17) is 0 Å². The van der Waals surface area contributed by atoms with E-state index in [1.165, 1.54) is 51.9 Å². The SMILES string of the molecule is CN1[C@@H]2CC[C@H]1CC(N1CCNCC1)C2. The molecule has 2 bridgehead atoms. The van der Waals surface area contributed by atoms with Crippen LogP contribution in [-0.4, -0.2) is 61.2 Å². The normalized spacial score (nSPS) is 43.4. The lowest BCUT2D eigenvalue weighted by molar-refractivity contribution is 0.0680. The Hall–Kier alpha value is -0.120. The lowest BCUT2D eigenvalue weighted by Crippen LogP contribution is -2.54. The van der Waals surface area contributed by atoms with Crippen molar-refractivity contribution in [3.63, 3.8) is 0 Å². The lowest BCUT2D eigenvalue weighted by Gasteiger charge is -2.43. The number of nitrogens with zero attached hydrogens (tertiary/aromatic N) is 2. The summed E-state index contributed by atoms with van der Waals surface area (Å²) < 4.78 is 0. The molecule has 3 nitrogen and oxygen atoms in total. The highest BCUT2D eigenvalue weighted by Crippen LogP contribution is 2.36. The number of piperazine rings is 1. The molecule has 0 aromatic carbocycles. The molecule has 0 aromatic heterocycles. The Labute approximate surface area is 92.8 Å². The molecule has 3 aliphatic rings. The van der Waals surface area contributed by atoms with E-state index in [1.807, 2.05) is 0 Å². The molecule has 0 aromatic rings. The largest absolute Gasteiger partial charge is 0.314 e. The Morgan fingerprint density at radius 3 is 2.13 bits per heavy atom. The van der Waals surface area contributed by atoms with Gasteiger partial charge in [0, 0.05) is 44.3 Å². The monoisotopic (exact) mass is 209 g/mol. The zero-order valence-electron chi connectivity index (χ0n) is 9.78. The van der Waals surface area contributed by atoms with Crippen molar-refractivity contribution in [3.05, 3.63) is 0 Å². The van der Waals surface area contributed by atoms with E-state index in [0.717, 1.165) is 18.1 Å². The highest BCUT2D eigenvalue weighted by molar-refractivity contribution is 4.97. The molecule has 3 fully saturated rings. The van der Waals surface area contributed by atoms with Crippen molar-refractivity contribution in [1.82, 2.24) is 15.1 Å². The number of nitrogens with one attached hydrogen (secondary N) is 1. The summed E-state index contributed by atoms with van der Waals surface area (Å²) in [5.41, 5.74) is 0. The topological polar surface area (TPSA) is 18.5 Å². The Bertz CT molecular complexity index is 211. The maximum atomic E-state index is 3.45. The van der Waals surface area contributed by atoms with Crippen molar-refractivity contribution in [2.75, 3.05) is 33.2 Å². The summed E-state index contributed by atoms with van der Waals surface area (Å²) in [5.74, 6) is 0. The fourth-order valence-electron chi connectivity index (χ4n) is 3.73. The lowest BCUT2D eigenvalue weighted by atomic mass is 9.96. The molecule has 1 N–H and O–H groups in total. The van der Waals surface area contributed by atoms with E-state index in [-0.39, 0.29) is 0 Å². The summed E-state index contributed by atoms with van der Waals surface area (Å²) in [6.07, 6.45) is 5.74. The first-order chi connectivity index (χ1) is 7.34. The van der Waals surface area contributed by atoms with Crippen LogP contribution in [0.4, 0.5) is 0 Å². The minimum atomic E-state index is 0.890. The molecule has 0 radical (unpaired) electrons. The number of fused-ring (bicyclic) bond motifs is 2. The van der Waals surface area contributed by atoms with Gasteiger partial charge in [0.25, 0.3) is 0 Å².